The molecule has 0 radical (unpaired) electrons. The van der Waals surface area contributed by atoms with Crippen LogP contribution in [0.2, 0.25) is 0 Å². The van der Waals surface area contributed by atoms with Crippen LogP contribution in [0.1, 0.15) is 22.4 Å². The lowest BCUT2D eigenvalue weighted by atomic mass is 9.94. The molecule has 0 aliphatic rings. The molecule has 0 fully saturated rings. The molecular formula is C23H24N2O+2. The number of aryl methyl sites for hydroxylation is 4. The molecule has 0 saturated carbocycles. The normalized spacial score (nSPS) is 11.3. The summed E-state index contributed by atoms with van der Waals surface area (Å²) in [6.45, 7) is 8.74. The van der Waals surface area contributed by atoms with Crippen LogP contribution in [0.15, 0.2) is 59.7 Å². The Balaban J connectivity index is 2.04. The number of hydrogen-bond acceptors (Lipinski definition) is 1. The van der Waals surface area contributed by atoms with Crippen LogP contribution < -0.4 is 9.13 Å². The van der Waals surface area contributed by atoms with Gasteiger partial charge in [-0.3, -0.25) is 0 Å². The maximum absolute atomic E-state index is 5.42. The molecule has 0 N–H and O–H groups in total. The Morgan fingerprint density at radius 2 is 1.62 bits per heavy atom. The first-order chi connectivity index (χ1) is 12.5. The zero-order valence-electron chi connectivity index (χ0n) is 16.0. The molecule has 0 unspecified atom stereocenters. The van der Waals surface area contributed by atoms with Crippen LogP contribution in [0.5, 0.6) is 0 Å². The molecule has 3 nitrogen and oxygen atoms in total. The zero-order chi connectivity index (χ0) is 18.4. The van der Waals surface area contributed by atoms with Crippen LogP contribution in [0.3, 0.4) is 0 Å². The minimum absolute atomic E-state index is 1.10. The molecule has 0 aliphatic heterocycles. The summed E-state index contributed by atoms with van der Waals surface area (Å²) in [4.78, 5) is 0. The Bertz CT molecular complexity index is 1140. The highest BCUT2D eigenvalue weighted by molar-refractivity contribution is 5.81. The second-order valence-corrected chi connectivity index (χ2v) is 7.13. The highest BCUT2D eigenvalue weighted by Crippen LogP contribution is 2.30. The van der Waals surface area contributed by atoms with Gasteiger partial charge in [-0.25, -0.2) is 0 Å². The van der Waals surface area contributed by atoms with Crippen LogP contribution >= 0.6 is 0 Å². The fourth-order valence-corrected chi connectivity index (χ4v) is 4.04. The monoisotopic (exact) mass is 344 g/mol. The van der Waals surface area contributed by atoms with Crippen molar-refractivity contribution in [2.24, 2.45) is 7.05 Å². The maximum Gasteiger partial charge on any atom is 0.334 e. The quantitative estimate of drug-likeness (QED) is 0.493. The summed E-state index contributed by atoms with van der Waals surface area (Å²) in [7, 11) is 2.02. The minimum Gasteiger partial charge on any atom is -0.412 e. The Morgan fingerprint density at radius 3 is 2.31 bits per heavy atom. The molecule has 3 heteroatoms. The van der Waals surface area contributed by atoms with Gasteiger partial charge in [-0.05, 0) is 43.9 Å². The molecule has 0 bridgehead atoms. The summed E-state index contributed by atoms with van der Waals surface area (Å²) >= 11 is 0. The van der Waals surface area contributed by atoms with E-state index in [4.69, 9.17) is 4.42 Å². The van der Waals surface area contributed by atoms with Crippen LogP contribution in [0, 0.1) is 27.7 Å². The predicted molar refractivity (Wildman–Crippen MR) is 103 cm³/mol. The summed E-state index contributed by atoms with van der Waals surface area (Å²) in [6.07, 6.45) is 5.81. The zero-order valence-corrected chi connectivity index (χ0v) is 16.0. The van der Waals surface area contributed by atoms with Crippen LogP contribution in [-0.2, 0) is 7.05 Å². The first kappa shape index (κ1) is 16.5. The molecule has 26 heavy (non-hydrogen) atoms. The van der Waals surface area contributed by atoms with Crippen molar-refractivity contribution < 1.29 is 13.6 Å². The maximum atomic E-state index is 5.42. The third-order valence-electron chi connectivity index (χ3n) is 5.22. The lowest BCUT2D eigenvalue weighted by Gasteiger charge is -2.12. The van der Waals surface area contributed by atoms with E-state index in [9.17, 15) is 0 Å². The predicted octanol–water partition coefficient (Wildman–Crippen LogP) is 4.43. The van der Waals surface area contributed by atoms with Crippen molar-refractivity contribution in [2.45, 2.75) is 27.7 Å². The van der Waals surface area contributed by atoms with E-state index in [-0.39, 0.29) is 0 Å². The Labute approximate surface area is 154 Å². The molecule has 130 valence electrons. The van der Waals surface area contributed by atoms with Crippen molar-refractivity contribution in [1.29, 1.82) is 0 Å². The van der Waals surface area contributed by atoms with Gasteiger partial charge in [0.1, 0.15) is 7.05 Å². The largest absolute Gasteiger partial charge is 0.412 e. The van der Waals surface area contributed by atoms with Crippen molar-refractivity contribution in [2.75, 3.05) is 0 Å². The van der Waals surface area contributed by atoms with Gasteiger partial charge in [0.25, 0.3) is 5.69 Å². The van der Waals surface area contributed by atoms with Gasteiger partial charge in [0.15, 0.2) is 18.2 Å². The lowest BCUT2D eigenvalue weighted by Crippen LogP contribution is -2.36. The SMILES string of the molecule is Cc1cc(C)c(-[n+]2cc3ccccc3cc2C)c(C)c1-c1coc[n+]1C. The number of hydrogen-bond donors (Lipinski definition) is 0. The van der Waals surface area contributed by atoms with Gasteiger partial charge < -0.3 is 4.42 Å². The van der Waals surface area contributed by atoms with E-state index in [1.807, 2.05) is 17.9 Å². The highest BCUT2D eigenvalue weighted by atomic mass is 16.3. The van der Waals surface area contributed by atoms with Crippen molar-refractivity contribution in [3.63, 3.8) is 0 Å². The standard InChI is InChI=1S/C23H24N2O/c1-15-10-16(2)23(18(4)22(15)21-13-26-14-24(21)5)25-12-20-9-7-6-8-19(20)11-17(25)3/h6-14H,1-5H3/q+2. The summed E-state index contributed by atoms with van der Waals surface area (Å²) in [5.41, 5.74) is 8.61. The van der Waals surface area contributed by atoms with Gasteiger partial charge in [-0.1, -0.05) is 18.2 Å². The van der Waals surface area contributed by atoms with Crippen LogP contribution in [0.4, 0.5) is 0 Å². The third kappa shape index (κ3) is 2.51. The van der Waals surface area contributed by atoms with Gasteiger partial charge in [-0.2, -0.15) is 9.13 Å². The second-order valence-electron chi connectivity index (χ2n) is 7.13. The summed E-state index contributed by atoms with van der Waals surface area (Å²) in [5, 5.41) is 2.51. The smallest absolute Gasteiger partial charge is 0.334 e. The first-order valence-corrected chi connectivity index (χ1v) is 8.92. The Kier molecular flexibility index (Phi) is 3.87. The molecule has 2 aromatic heterocycles. The second kappa shape index (κ2) is 6.10. The third-order valence-corrected chi connectivity index (χ3v) is 5.22. The molecule has 0 saturated heterocycles. The van der Waals surface area contributed by atoms with E-state index < -0.39 is 0 Å². The average Bonchev–Trinajstić information content (AvgIpc) is 3.01. The van der Waals surface area contributed by atoms with E-state index in [1.54, 1.807) is 6.39 Å². The van der Waals surface area contributed by atoms with E-state index >= 15 is 0 Å². The van der Waals surface area contributed by atoms with E-state index in [1.165, 1.54) is 44.4 Å². The highest BCUT2D eigenvalue weighted by Gasteiger charge is 2.26. The van der Waals surface area contributed by atoms with E-state index in [0.717, 1.165) is 5.69 Å². The number of nitrogens with zero attached hydrogens (tertiary/aromatic N) is 2. The fraction of sp³-hybridized carbons (Fsp3) is 0.217. The van der Waals surface area contributed by atoms with E-state index in [0.29, 0.717) is 0 Å². The van der Waals surface area contributed by atoms with Gasteiger partial charge >= 0.3 is 6.39 Å². The summed E-state index contributed by atoms with van der Waals surface area (Å²) in [6, 6.07) is 13.0. The Morgan fingerprint density at radius 1 is 0.885 bits per heavy atom. The van der Waals surface area contributed by atoms with Crippen molar-refractivity contribution >= 4 is 10.8 Å². The van der Waals surface area contributed by atoms with Gasteiger partial charge in [0.05, 0.1) is 5.56 Å². The molecule has 4 rings (SSSR count). The van der Waals surface area contributed by atoms with Crippen LogP contribution in [0.25, 0.3) is 27.7 Å². The number of oxazole rings is 1. The van der Waals surface area contributed by atoms with Gasteiger partial charge in [0.2, 0.25) is 5.69 Å². The van der Waals surface area contributed by atoms with Gasteiger partial charge in [0, 0.05) is 29.5 Å². The van der Waals surface area contributed by atoms with Crippen molar-refractivity contribution in [3.8, 4) is 16.9 Å². The molecule has 0 amide bonds. The van der Waals surface area contributed by atoms with Gasteiger partial charge in [-0.15, -0.1) is 0 Å². The topological polar surface area (TPSA) is 20.9 Å². The molecule has 0 aliphatic carbocycles. The Hall–Kier alpha value is -2.94. The molecule has 2 heterocycles. The molecule has 2 aromatic carbocycles. The minimum atomic E-state index is 1.10. The van der Waals surface area contributed by atoms with Crippen molar-refractivity contribution in [1.82, 2.24) is 0 Å². The summed E-state index contributed by atoms with van der Waals surface area (Å²) in [5.74, 6) is 0. The van der Waals surface area contributed by atoms with Crippen LogP contribution in [-0.4, -0.2) is 0 Å². The van der Waals surface area contributed by atoms with E-state index in [2.05, 4.69) is 74.9 Å². The fourth-order valence-electron chi connectivity index (χ4n) is 4.04. The number of rotatable bonds is 2. The molecule has 0 atom stereocenters. The number of aromatic nitrogens is 2. The number of fused-ring (bicyclic) bond motifs is 1. The lowest BCUT2D eigenvalue weighted by molar-refractivity contribution is -0.664. The number of pyridine rings is 1. The van der Waals surface area contributed by atoms with Crippen molar-refractivity contribution in [3.05, 3.63) is 77.6 Å². The molecule has 4 aromatic rings. The first-order valence-electron chi connectivity index (χ1n) is 8.92. The summed E-state index contributed by atoms with van der Waals surface area (Å²) < 4.78 is 9.77. The number of benzene rings is 2. The average molecular weight is 344 g/mol. The molecule has 0 spiro atoms. The molecular weight excluding hydrogens is 320 g/mol.